The number of halogens is 1. The molecule has 0 atom stereocenters. The van der Waals surface area contributed by atoms with Gasteiger partial charge in [-0.3, -0.25) is 0 Å². The summed E-state index contributed by atoms with van der Waals surface area (Å²) >= 11 is 5.96. The van der Waals surface area contributed by atoms with E-state index in [-0.39, 0.29) is 0 Å². The van der Waals surface area contributed by atoms with Crippen molar-refractivity contribution in [2.24, 2.45) is 0 Å². The van der Waals surface area contributed by atoms with E-state index in [1.807, 2.05) is 18.2 Å². The topological polar surface area (TPSA) is 21.3 Å². The lowest BCUT2D eigenvalue weighted by Crippen LogP contribution is -2.11. The SMILES string of the molecule is CCNCc1ccc(OC)c(Cl)c1. The summed E-state index contributed by atoms with van der Waals surface area (Å²) in [6, 6.07) is 5.81. The molecule has 0 bridgehead atoms. The van der Waals surface area contributed by atoms with Crippen LogP contribution in [0.3, 0.4) is 0 Å². The third-order valence-electron chi connectivity index (χ3n) is 1.80. The fourth-order valence-electron chi connectivity index (χ4n) is 1.09. The maximum Gasteiger partial charge on any atom is 0.137 e. The Morgan fingerprint density at radius 2 is 2.23 bits per heavy atom. The van der Waals surface area contributed by atoms with Gasteiger partial charge in [-0.25, -0.2) is 0 Å². The molecule has 3 heteroatoms. The van der Waals surface area contributed by atoms with Gasteiger partial charge in [-0.2, -0.15) is 0 Å². The number of hydrogen-bond donors (Lipinski definition) is 1. The molecule has 0 aliphatic rings. The van der Waals surface area contributed by atoms with Crippen LogP contribution in [0, 0.1) is 0 Å². The molecule has 1 aromatic carbocycles. The number of nitrogens with one attached hydrogen (secondary N) is 1. The zero-order valence-corrected chi connectivity index (χ0v) is 8.69. The summed E-state index contributed by atoms with van der Waals surface area (Å²) < 4.78 is 5.05. The Bertz CT molecular complexity index is 276. The number of rotatable bonds is 4. The zero-order chi connectivity index (χ0) is 9.68. The van der Waals surface area contributed by atoms with Crippen LogP contribution in [0.4, 0.5) is 0 Å². The molecule has 0 saturated heterocycles. The smallest absolute Gasteiger partial charge is 0.137 e. The van der Waals surface area contributed by atoms with Gasteiger partial charge >= 0.3 is 0 Å². The van der Waals surface area contributed by atoms with E-state index in [1.54, 1.807) is 7.11 Å². The van der Waals surface area contributed by atoms with E-state index >= 15 is 0 Å². The van der Waals surface area contributed by atoms with Gasteiger partial charge in [-0.1, -0.05) is 24.6 Å². The van der Waals surface area contributed by atoms with Crippen LogP contribution in [0.25, 0.3) is 0 Å². The van der Waals surface area contributed by atoms with Gasteiger partial charge in [0.05, 0.1) is 12.1 Å². The van der Waals surface area contributed by atoms with Gasteiger partial charge in [0.2, 0.25) is 0 Å². The third kappa shape index (κ3) is 2.90. The van der Waals surface area contributed by atoms with Crippen LogP contribution in [0.1, 0.15) is 12.5 Å². The maximum absolute atomic E-state index is 5.96. The van der Waals surface area contributed by atoms with Crippen molar-refractivity contribution in [2.75, 3.05) is 13.7 Å². The highest BCUT2D eigenvalue weighted by Crippen LogP contribution is 2.24. The van der Waals surface area contributed by atoms with Gasteiger partial charge in [0.15, 0.2) is 0 Å². The number of benzene rings is 1. The van der Waals surface area contributed by atoms with Gasteiger partial charge in [0, 0.05) is 6.54 Å². The molecule has 1 rings (SSSR count). The van der Waals surface area contributed by atoms with E-state index in [1.165, 1.54) is 5.56 Å². The Hall–Kier alpha value is -0.730. The minimum atomic E-state index is 0.665. The highest BCUT2D eigenvalue weighted by molar-refractivity contribution is 6.32. The lowest BCUT2D eigenvalue weighted by molar-refractivity contribution is 0.415. The van der Waals surface area contributed by atoms with Crippen molar-refractivity contribution in [3.8, 4) is 5.75 Å². The molecule has 0 aliphatic heterocycles. The van der Waals surface area contributed by atoms with Gasteiger partial charge in [0.1, 0.15) is 5.75 Å². The number of ether oxygens (including phenoxy) is 1. The van der Waals surface area contributed by atoms with E-state index in [4.69, 9.17) is 16.3 Å². The Balaban J connectivity index is 2.71. The second-order valence-corrected chi connectivity index (χ2v) is 3.16. The molecule has 0 fully saturated rings. The predicted molar refractivity (Wildman–Crippen MR) is 55.4 cm³/mol. The average molecular weight is 200 g/mol. The Kier molecular flexibility index (Phi) is 4.06. The summed E-state index contributed by atoms with van der Waals surface area (Å²) in [6.45, 7) is 3.88. The van der Waals surface area contributed by atoms with Crippen LogP contribution in [0.15, 0.2) is 18.2 Å². The lowest BCUT2D eigenvalue weighted by Gasteiger charge is -2.06. The van der Waals surface area contributed by atoms with E-state index in [0.717, 1.165) is 18.8 Å². The van der Waals surface area contributed by atoms with Crippen molar-refractivity contribution in [1.82, 2.24) is 5.32 Å². The molecule has 0 heterocycles. The zero-order valence-electron chi connectivity index (χ0n) is 7.93. The van der Waals surface area contributed by atoms with Crippen LogP contribution in [0.5, 0.6) is 5.75 Å². The monoisotopic (exact) mass is 199 g/mol. The van der Waals surface area contributed by atoms with Crippen molar-refractivity contribution in [1.29, 1.82) is 0 Å². The molecule has 0 aliphatic carbocycles. The van der Waals surface area contributed by atoms with Crippen molar-refractivity contribution in [2.45, 2.75) is 13.5 Å². The average Bonchev–Trinajstić information content (AvgIpc) is 2.15. The third-order valence-corrected chi connectivity index (χ3v) is 2.09. The second kappa shape index (κ2) is 5.10. The summed E-state index contributed by atoms with van der Waals surface area (Å²) in [6.07, 6.45) is 0. The minimum Gasteiger partial charge on any atom is -0.495 e. The van der Waals surface area contributed by atoms with Gasteiger partial charge in [-0.05, 0) is 24.2 Å². The first-order valence-corrected chi connectivity index (χ1v) is 4.69. The molecule has 0 amide bonds. The summed E-state index contributed by atoms with van der Waals surface area (Å²) in [5.41, 5.74) is 1.17. The Morgan fingerprint density at radius 3 is 2.77 bits per heavy atom. The quantitative estimate of drug-likeness (QED) is 0.805. The molecule has 0 spiro atoms. The molecule has 2 nitrogen and oxygen atoms in total. The van der Waals surface area contributed by atoms with E-state index in [2.05, 4.69) is 12.2 Å². The van der Waals surface area contributed by atoms with Gasteiger partial charge < -0.3 is 10.1 Å². The van der Waals surface area contributed by atoms with Crippen LogP contribution >= 0.6 is 11.6 Å². The highest BCUT2D eigenvalue weighted by atomic mass is 35.5. The molecule has 1 N–H and O–H groups in total. The number of hydrogen-bond acceptors (Lipinski definition) is 2. The molecule has 0 aromatic heterocycles. The van der Waals surface area contributed by atoms with Crippen molar-refractivity contribution in [3.05, 3.63) is 28.8 Å². The standard InChI is InChI=1S/C10H14ClNO/c1-3-12-7-8-4-5-10(13-2)9(11)6-8/h4-6,12H,3,7H2,1-2H3. The van der Waals surface area contributed by atoms with Crippen molar-refractivity contribution < 1.29 is 4.74 Å². The number of methoxy groups -OCH3 is 1. The predicted octanol–water partition coefficient (Wildman–Crippen LogP) is 2.46. The molecule has 0 unspecified atom stereocenters. The summed E-state index contributed by atoms with van der Waals surface area (Å²) in [4.78, 5) is 0. The molecule has 13 heavy (non-hydrogen) atoms. The van der Waals surface area contributed by atoms with Crippen molar-refractivity contribution >= 4 is 11.6 Å². The summed E-state index contributed by atoms with van der Waals surface area (Å²) in [5.74, 6) is 0.724. The molecule has 72 valence electrons. The van der Waals surface area contributed by atoms with E-state index in [0.29, 0.717) is 5.02 Å². The Labute approximate surface area is 83.9 Å². The van der Waals surface area contributed by atoms with E-state index in [9.17, 15) is 0 Å². The van der Waals surface area contributed by atoms with Gasteiger partial charge in [0.25, 0.3) is 0 Å². The lowest BCUT2D eigenvalue weighted by atomic mass is 10.2. The van der Waals surface area contributed by atoms with Crippen molar-refractivity contribution in [3.63, 3.8) is 0 Å². The fourth-order valence-corrected chi connectivity index (χ4v) is 1.37. The molecule has 1 aromatic rings. The molecular weight excluding hydrogens is 186 g/mol. The van der Waals surface area contributed by atoms with Crippen LogP contribution in [-0.4, -0.2) is 13.7 Å². The molecule has 0 saturated carbocycles. The first kappa shape index (κ1) is 10.4. The first-order chi connectivity index (χ1) is 6.27. The maximum atomic E-state index is 5.96. The fraction of sp³-hybridized carbons (Fsp3) is 0.400. The first-order valence-electron chi connectivity index (χ1n) is 4.31. The molecule has 0 radical (unpaired) electrons. The van der Waals surface area contributed by atoms with Crippen LogP contribution in [0.2, 0.25) is 5.02 Å². The normalized spacial score (nSPS) is 10.1. The van der Waals surface area contributed by atoms with Crippen LogP contribution in [-0.2, 0) is 6.54 Å². The second-order valence-electron chi connectivity index (χ2n) is 2.75. The van der Waals surface area contributed by atoms with Gasteiger partial charge in [-0.15, -0.1) is 0 Å². The summed E-state index contributed by atoms with van der Waals surface area (Å²) in [7, 11) is 1.62. The molecular formula is C10H14ClNO. The largest absolute Gasteiger partial charge is 0.495 e. The Morgan fingerprint density at radius 1 is 1.46 bits per heavy atom. The van der Waals surface area contributed by atoms with E-state index < -0.39 is 0 Å². The highest BCUT2D eigenvalue weighted by Gasteiger charge is 2.00. The minimum absolute atomic E-state index is 0.665. The van der Waals surface area contributed by atoms with Crippen LogP contribution < -0.4 is 10.1 Å². The summed E-state index contributed by atoms with van der Waals surface area (Å²) in [5, 5.41) is 3.89.